The average molecular weight is 176 g/mol. The van der Waals surface area contributed by atoms with Crippen LogP contribution in [0.2, 0.25) is 0 Å². The molecular formula is C5H12N4OS. The Hall–Kier alpha value is -0.430. The topological polar surface area (TPSA) is 62.5 Å². The minimum Gasteiger partial charge on any atom is -0.379 e. The van der Waals surface area contributed by atoms with Crippen molar-refractivity contribution in [3.05, 3.63) is 0 Å². The van der Waals surface area contributed by atoms with E-state index >= 15 is 0 Å². The van der Waals surface area contributed by atoms with Gasteiger partial charge in [0.1, 0.15) is 0 Å². The predicted molar refractivity (Wildman–Crippen MR) is 45.4 cm³/mol. The van der Waals surface area contributed by atoms with Gasteiger partial charge in [0.05, 0.1) is 13.2 Å². The summed E-state index contributed by atoms with van der Waals surface area (Å²) in [7, 11) is 0. The van der Waals surface area contributed by atoms with E-state index in [1.54, 1.807) is 0 Å². The summed E-state index contributed by atoms with van der Waals surface area (Å²) in [5.74, 6) is 0. The van der Waals surface area contributed by atoms with Crippen LogP contribution in [0.5, 0.6) is 0 Å². The first-order valence-electron chi connectivity index (χ1n) is 3.43. The second-order valence-electron chi connectivity index (χ2n) is 2.20. The van der Waals surface area contributed by atoms with Gasteiger partial charge < -0.3 is 10.5 Å². The van der Waals surface area contributed by atoms with Gasteiger partial charge in [-0.1, -0.05) is 0 Å². The van der Waals surface area contributed by atoms with Crippen molar-refractivity contribution in [1.82, 2.24) is 16.0 Å². The molecule has 5 nitrogen and oxygen atoms in total. The van der Waals surface area contributed by atoms with Gasteiger partial charge >= 0.3 is 0 Å². The summed E-state index contributed by atoms with van der Waals surface area (Å²) < 4.78 is 5.13. The number of ether oxygens (including phenoxy) is 1. The first-order chi connectivity index (χ1) is 5.29. The number of nitrogens with one attached hydrogen (secondary N) is 2. The molecule has 1 heterocycles. The zero-order valence-corrected chi connectivity index (χ0v) is 6.99. The minimum absolute atomic E-state index is 0.247. The van der Waals surface area contributed by atoms with Crippen LogP contribution in [-0.2, 0) is 4.74 Å². The van der Waals surface area contributed by atoms with E-state index in [4.69, 9.17) is 10.5 Å². The quantitative estimate of drug-likeness (QED) is 0.354. The fraction of sp³-hybridized carbons (Fsp3) is 0.800. The third kappa shape index (κ3) is 3.47. The SMILES string of the molecule is NC(=S)NNN1CCOCC1. The number of rotatable bonds is 2. The highest BCUT2D eigenvalue weighted by Crippen LogP contribution is 1.89. The Morgan fingerprint density at radius 2 is 2.09 bits per heavy atom. The number of hydrogen-bond acceptors (Lipinski definition) is 4. The van der Waals surface area contributed by atoms with Crippen molar-refractivity contribution >= 4 is 17.3 Å². The Labute approximate surface area is 70.8 Å². The third-order valence-corrected chi connectivity index (χ3v) is 1.45. The summed E-state index contributed by atoms with van der Waals surface area (Å²) in [6.07, 6.45) is 0. The highest BCUT2D eigenvalue weighted by Gasteiger charge is 2.08. The first-order valence-corrected chi connectivity index (χ1v) is 3.83. The molecule has 4 N–H and O–H groups in total. The molecule has 6 heteroatoms. The van der Waals surface area contributed by atoms with Crippen LogP contribution >= 0.6 is 12.2 Å². The summed E-state index contributed by atoms with van der Waals surface area (Å²) in [6, 6.07) is 0. The Morgan fingerprint density at radius 1 is 1.45 bits per heavy atom. The van der Waals surface area contributed by atoms with Crippen molar-refractivity contribution in [3.8, 4) is 0 Å². The fourth-order valence-electron chi connectivity index (χ4n) is 0.809. The van der Waals surface area contributed by atoms with Gasteiger partial charge in [-0.3, -0.25) is 5.43 Å². The van der Waals surface area contributed by atoms with E-state index in [2.05, 4.69) is 23.2 Å². The summed E-state index contributed by atoms with van der Waals surface area (Å²) in [5, 5.41) is 2.21. The lowest BCUT2D eigenvalue weighted by molar-refractivity contribution is 0.00682. The Morgan fingerprint density at radius 3 is 2.64 bits per heavy atom. The Bertz CT molecular complexity index is 136. The smallest absolute Gasteiger partial charge is 0.179 e. The lowest BCUT2D eigenvalue weighted by Crippen LogP contribution is -2.54. The van der Waals surface area contributed by atoms with Gasteiger partial charge in [0.15, 0.2) is 5.11 Å². The van der Waals surface area contributed by atoms with E-state index in [1.807, 2.05) is 5.01 Å². The van der Waals surface area contributed by atoms with Crippen molar-refractivity contribution in [2.45, 2.75) is 0 Å². The number of hydrazine groups is 2. The van der Waals surface area contributed by atoms with Crippen LogP contribution in [0.3, 0.4) is 0 Å². The molecule has 1 saturated heterocycles. The van der Waals surface area contributed by atoms with E-state index < -0.39 is 0 Å². The standard InChI is InChI=1S/C5H12N4OS/c6-5(11)7-8-9-1-3-10-4-2-9/h8H,1-4H2,(H3,6,7,11). The van der Waals surface area contributed by atoms with Crippen LogP contribution in [-0.4, -0.2) is 36.4 Å². The number of nitrogens with zero attached hydrogens (tertiary/aromatic N) is 1. The molecular weight excluding hydrogens is 164 g/mol. The van der Waals surface area contributed by atoms with Crippen molar-refractivity contribution in [3.63, 3.8) is 0 Å². The van der Waals surface area contributed by atoms with E-state index in [0.717, 1.165) is 26.3 Å². The van der Waals surface area contributed by atoms with Crippen LogP contribution < -0.4 is 16.7 Å². The molecule has 0 aromatic heterocycles. The normalized spacial score (nSPS) is 19.6. The molecule has 0 atom stereocenters. The van der Waals surface area contributed by atoms with Crippen molar-refractivity contribution in [1.29, 1.82) is 0 Å². The number of thiocarbonyl (C=S) groups is 1. The third-order valence-electron chi connectivity index (χ3n) is 1.35. The summed E-state index contributed by atoms with van der Waals surface area (Å²) in [6.45, 7) is 3.17. The number of morpholine rings is 1. The molecule has 0 saturated carbocycles. The van der Waals surface area contributed by atoms with Gasteiger partial charge in [-0.2, -0.15) is 5.53 Å². The molecule has 1 aliphatic heterocycles. The molecule has 64 valence electrons. The van der Waals surface area contributed by atoms with Gasteiger partial charge in [0, 0.05) is 13.1 Å². The Balaban J connectivity index is 2.09. The van der Waals surface area contributed by atoms with Gasteiger partial charge in [-0.05, 0) is 12.2 Å². The molecule has 1 rings (SSSR count). The molecule has 0 spiro atoms. The summed E-state index contributed by atoms with van der Waals surface area (Å²) in [5.41, 5.74) is 10.7. The highest BCUT2D eigenvalue weighted by atomic mass is 32.1. The Kier molecular flexibility index (Phi) is 3.50. The van der Waals surface area contributed by atoms with E-state index in [1.165, 1.54) is 0 Å². The van der Waals surface area contributed by atoms with Gasteiger partial charge in [0.25, 0.3) is 0 Å². The summed E-state index contributed by atoms with van der Waals surface area (Å²) in [4.78, 5) is 0. The fourth-order valence-corrected chi connectivity index (χ4v) is 0.855. The summed E-state index contributed by atoms with van der Waals surface area (Å²) >= 11 is 4.61. The van der Waals surface area contributed by atoms with E-state index in [0.29, 0.717) is 0 Å². The molecule has 0 aromatic carbocycles. The first kappa shape index (κ1) is 8.66. The van der Waals surface area contributed by atoms with Crippen molar-refractivity contribution in [2.75, 3.05) is 26.3 Å². The lowest BCUT2D eigenvalue weighted by Gasteiger charge is -2.27. The van der Waals surface area contributed by atoms with E-state index in [-0.39, 0.29) is 5.11 Å². The molecule has 0 radical (unpaired) electrons. The molecule has 11 heavy (non-hydrogen) atoms. The molecule has 1 aliphatic rings. The molecule has 0 aromatic rings. The maximum atomic E-state index is 5.21. The minimum atomic E-state index is 0.247. The molecule has 0 aliphatic carbocycles. The monoisotopic (exact) mass is 176 g/mol. The van der Waals surface area contributed by atoms with Crippen molar-refractivity contribution in [2.24, 2.45) is 5.73 Å². The van der Waals surface area contributed by atoms with E-state index in [9.17, 15) is 0 Å². The van der Waals surface area contributed by atoms with Gasteiger partial charge in [0.2, 0.25) is 0 Å². The second kappa shape index (κ2) is 4.45. The maximum absolute atomic E-state index is 5.21. The van der Waals surface area contributed by atoms with Crippen LogP contribution in [0.1, 0.15) is 0 Å². The zero-order chi connectivity index (χ0) is 8.10. The van der Waals surface area contributed by atoms with Gasteiger partial charge in [-0.25, -0.2) is 5.01 Å². The predicted octanol–water partition coefficient (Wildman–Crippen LogP) is -1.43. The number of hydrogen-bond donors (Lipinski definition) is 3. The van der Waals surface area contributed by atoms with Crippen LogP contribution in [0, 0.1) is 0 Å². The zero-order valence-electron chi connectivity index (χ0n) is 6.17. The lowest BCUT2D eigenvalue weighted by atomic mass is 10.5. The maximum Gasteiger partial charge on any atom is 0.179 e. The molecule has 0 bridgehead atoms. The largest absolute Gasteiger partial charge is 0.379 e. The van der Waals surface area contributed by atoms with Gasteiger partial charge in [-0.15, -0.1) is 0 Å². The number of nitrogens with two attached hydrogens (primary N) is 1. The molecule has 0 amide bonds. The van der Waals surface area contributed by atoms with Crippen LogP contribution in [0.25, 0.3) is 0 Å². The average Bonchev–Trinajstić information content (AvgIpc) is 2.03. The molecule has 1 fully saturated rings. The molecule has 0 unspecified atom stereocenters. The van der Waals surface area contributed by atoms with Crippen molar-refractivity contribution < 1.29 is 4.74 Å². The second-order valence-corrected chi connectivity index (χ2v) is 2.64. The highest BCUT2D eigenvalue weighted by molar-refractivity contribution is 7.80. The van der Waals surface area contributed by atoms with Crippen LogP contribution in [0.4, 0.5) is 0 Å². The van der Waals surface area contributed by atoms with Crippen LogP contribution in [0.15, 0.2) is 0 Å².